The summed E-state index contributed by atoms with van der Waals surface area (Å²) >= 11 is 1.65. The van der Waals surface area contributed by atoms with Crippen LogP contribution in [0.2, 0.25) is 0 Å². The van der Waals surface area contributed by atoms with Gasteiger partial charge in [-0.25, -0.2) is 4.79 Å². The average Bonchev–Trinajstić information content (AvgIpc) is 2.80. The van der Waals surface area contributed by atoms with Crippen molar-refractivity contribution in [3.05, 3.63) is 22.4 Å². The first-order chi connectivity index (χ1) is 8.99. The van der Waals surface area contributed by atoms with Crippen LogP contribution < -0.4 is 10.6 Å². The van der Waals surface area contributed by atoms with E-state index in [4.69, 9.17) is 5.11 Å². The number of rotatable bonds is 7. The number of amides is 2. The van der Waals surface area contributed by atoms with Crippen molar-refractivity contribution in [3.8, 4) is 0 Å². The fourth-order valence-electron chi connectivity index (χ4n) is 1.62. The van der Waals surface area contributed by atoms with Crippen molar-refractivity contribution in [3.63, 3.8) is 0 Å². The highest BCUT2D eigenvalue weighted by Gasteiger charge is 2.18. The lowest BCUT2D eigenvalue weighted by molar-refractivity contribution is -0.137. The molecule has 0 aliphatic heterocycles. The van der Waals surface area contributed by atoms with Gasteiger partial charge in [-0.1, -0.05) is 19.9 Å². The minimum atomic E-state index is -0.905. The maximum Gasteiger partial charge on any atom is 0.315 e. The molecule has 1 aromatic rings. The van der Waals surface area contributed by atoms with Crippen LogP contribution in [0.3, 0.4) is 0 Å². The number of aliphatic carboxylic acids is 1. The third kappa shape index (κ3) is 6.24. The minimum absolute atomic E-state index is 0.0595. The summed E-state index contributed by atoms with van der Waals surface area (Å²) in [6.45, 7) is 4.32. The van der Waals surface area contributed by atoms with Crippen molar-refractivity contribution >= 4 is 23.3 Å². The van der Waals surface area contributed by atoms with Crippen LogP contribution in [0.5, 0.6) is 0 Å². The Morgan fingerprint density at radius 1 is 1.42 bits per heavy atom. The van der Waals surface area contributed by atoms with E-state index in [0.29, 0.717) is 6.54 Å². The molecule has 1 heterocycles. The molecule has 0 aliphatic carbocycles. The first kappa shape index (κ1) is 15.5. The zero-order chi connectivity index (χ0) is 14.3. The smallest absolute Gasteiger partial charge is 0.315 e. The number of urea groups is 1. The maximum absolute atomic E-state index is 11.7. The number of hydrogen-bond acceptors (Lipinski definition) is 3. The summed E-state index contributed by atoms with van der Waals surface area (Å²) in [7, 11) is 0. The lowest BCUT2D eigenvalue weighted by Gasteiger charge is -2.20. The average molecular weight is 284 g/mol. The molecule has 1 atom stereocenters. The molecule has 0 spiro atoms. The molecule has 0 bridgehead atoms. The number of carboxylic acid groups (broad SMARTS) is 1. The molecule has 3 N–H and O–H groups in total. The highest BCUT2D eigenvalue weighted by Crippen LogP contribution is 2.08. The molecule has 6 heteroatoms. The van der Waals surface area contributed by atoms with E-state index in [0.717, 1.165) is 6.42 Å². The third-order valence-electron chi connectivity index (χ3n) is 2.75. The molecule has 0 saturated heterocycles. The summed E-state index contributed by atoms with van der Waals surface area (Å²) in [6.07, 6.45) is 0.729. The van der Waals surface area contributed by atoms with E-state index in [-0.39, 0.29) is 24.4 Å². The summed E-state index contributed by atoms with van der Waals surface area (Å²) in [5.41, 5.74) is 0. The first-order valence-electron chi connectivity index (χ1n) is 6.27. The van der Waals surface area contributed by atoms with Gasteiger partial charge in [0, 0.05) is 17.5 Å². The quantitative estimate of drug-likeness (QED) is 0.717. The standard InChI is InChI=1S/C13H20N2O3S/c1-9(2)11(8-12(16)17)15-13(18)14-6-5-10-4-3-7-19-10/h3-4,7,9,11H,5-6,8H2,1-2H3,(H,16,17)(H2,14,15,18). The summed E-state index contributed by atoms with van der Waals surface area (Å²) in [5.74, 6) is -0.822. The molecule has 1 unspecified atom stereocenters. The molecular formula is C13H20N2O3S. The summed E-state index contributed by atoms with van der Waals surface area (Å²) in [4.78, 5) is 23.6. The van der Waals surface area contributed by atoms with Crippen molar-refractivity contribution in [2.45, 2.75) is 32.7 Å². The number of thiophene rings is 1. The largest absolute Gasteiger partial charge is 0.481 e. The second kappa shape index (κ2) is 7.78. The molecule has 19 heavy (non-hydrogen) atoms. The number of hydrogen-bond donors (Lipinski definition) is 3. The lowest BCUT2D eigenvalue weighted by Crippen LogP contribution is -2.45. The van der Waals surface area contributed by atoms with Gasteiger partial charge in [-0.3, -0.25) is 4.79 Å². The van der Waals surface area contributed by atoms with Crippen molar-refractivity contribution in [2.75, 3.05) is 6.54 Å². The zero-order valence-electron chi connectivity index (χ0n) is 11.2. The van der Waals surface area contributed by atoms with E-state index < -0.39 is 5.97 Å². The molecule has 1 rings (SSSR count). The third-order valence-corrected chi connectivity index (χ3v) is 3.69. The Bertz CT molecular complexity index is 404. The summed E-state index contributed by atoms with van der Waals surface area (Å²) < 4.78 is 0. The van der Waals surface area contributed by atoms with E-state index in [1.165, 1.54) is 4.88 Å². The van der Waals surface area contributed by atoms with E-state index in [1.54, 1.807) is 11.3 Å². The van der Waals surface area contributed by atoms with Crippen LogP contribution in [-0.4, -0.2) is 29.7 Å². The Morgan fingerprint density at radius 2 is 2.16 bits per heavy atom. The van der Waals surface area contributed by atoms with Gasteiger partial charge in [-0.15, -0.1) is 11.3 Å². The van der Waals surface area contributed by atoms with Crippen LogP contribution in [0.1, 0.15) is 25.1 Å². The van der Waals surface area contributed by atoms with Crippen LogP contribution in [-0.2, 0) is 11.2 Å². The number of nitrogens with one attached hydrogen (secondary N) is 2. The normalized spacial score (nSPS) is 12.2. The SMILES string of the molecule is CC(C)C(CC(=O)O)NC(=O)NCCc1cccs1. The number of carbonyl (C=O) groups is 2. The second-order valence-corrected chi connectivity index (χ2v) is 5.71. The Balaban J connectivity index is 2.29. The topological polar surface area (TPSA) is 78.4 Å². The van der Waals surface area contributed by atoms with Gasteiger partial charge in [0.2, 0.25) is 0 Å². The van der Waals surface area contributed by atoms with E-state index >= 15 is 0 Å². The molecule has 106 valence electrons. The van der Waals surface area contributed by atoms with Crippen LogP contribution in [0, 0.1) is 5.92 Å². The summed E-state index contributed by atoms with van der Waals surface area (Å²) in [6, 6.07) is 3.34. The predicted octanol–water partition coefficient (Wildman–Crippen LogP) is 2.09. The van der Waals surface area contributed by atoms with Crippen LogP contribution >= 0.6 is 11.3 Å². The minimum Gasteiger partial charge on any atom is -0.481 e. The highest BCUT2D eigenvalue weighted by molar-refractivity contribution is 7.09. The Morgan fingerprint density at radius 3 is 2.68 bits per heavy atom. The van der Waals surface area contributed by atoms with Crippen molar-refractivity contribution in [1.82, 2.24) is 10.6 Å². The van der Waals surface area contributed by atoms with Gasteiger partial charge in [0.15, 0.2) is 0 Å². The van der Waals surface area contributed by atoms with Gasteiger partial charge in [0.1, 0.15) is 0 Å². The van der Waals surface area contributed by atoms with Crippen LogP contribution in [0.25, 0.3) is 0 Å². The van der Waals surface area contributed by atoms with E-state index in [2.05, 4.69) is 10.6 Å². The molecule has 0 saturated carbocycles. The van der Waals surface area contributed by atoms with Gasteiger partial charge >= 0.3 is 12.0 Å². The van der Waals surface area contributed by atoms with Gasteiger partial charge < -0.3 is 15.7 Å². The fourth-order valence-corrected chi connectivity index (χ4v) is 2.32. The highest BCUT2D eigenvalue weighted by atomic mass is 32.1. The van der Waals surface area contributed by atoms with Gasteiger partial charge in [-0.2, -0.15) is 0 Å². The Kier molecular flexibility index (Phi) is 6.35. The molecule has 0 aliphatic rings. The monoisotopic (exact) mass is 284 g/mol. The predicted molar refractivity (Wildman–Crippen MR) is 75.4 cm³/mol. The van der Waals surface area contributed by atoms with Gasteiger partial charge in [0.05, 0.1) is 6.42 Å². The molecule has 1 aromatic heterocycles. The van der Waals surface area contributed by atoms with Crippen molar-refractivity contribution < 1.29 is 14.7 Å². The van der Waals surface area contributed by atoms with Gasteiger partial charge in [-0.05, 0) is 23.8 Å². The fraction of sp³-hybridized carbons (Fsp3) is 0.538. The number of carbonyl (C=O) groups excluding carboxylic acids is 1. The Hall–Kier alpha value is -1.56. The van der Waals surface area contributed by atoms with Crippen molar-refractivity contribution in [1.29, 1.82) is 0 Å². The molecule has 0 radical (unpaired) electrons. The van der Waals surface area contributed by atoms with Crippen molar-refractivity contribution in [2.24, 2.45) is 5.92 Å². The molecule has 5 nitrogen and oxygen atoms in total. The van der Waals surface area contributed by atoms with E-state index in [9.17, 15) is 9.59 Å². The maximum atomic E-state index is 11.7. The zero-order valence-corrected chi connectivity index (χ0v) is 12.0. The number of carboxylic acids is 1. The second-order valence-electron chi connectivity index (χ2n) is 4.68. The molecule has 0 aromatic carbocycles. The lowest BCUT2D eigenvalue weighted by atomic mass is 10.0. The van der Waals surface area contributed by atoms with Crippen LogP contribution in [0.15, 0.2) is 17.5 Å². The summed E-state index contributed by atoms with van der Waals surface area (Å²) in [5, 5.41) is 16.2. The molecule has 2 amide bonds. The van der Waals surface area contributed by atoms with Gasteiger partial charge in [0.25, 0.3) is 0 Å². The molecule has 0 fully saturated rings. The Labute approximate surface area is 117 Å². The van der Waals surface area contributed by atoms with E-state index in [1.807, 2.05) is 31.4 Å². The van der Waals surface area contributed by atoms with Crippen LogP contribution in [0.4, 0.5) is 4.79 Å². The molecular weight excluding hydrogens is 264 g/mol. The first-order valence-corrected chi connectivity index (χ1v) is 7.15.